The lowest BCUT2D eigenvalue weighted by molar-refractivity contribution is -0.231. The molecule has 3 aromatic rings. The summed E-state index contributed by atoms with van der Waals surface area (Å²) in [6.07, 6.45) is -7.98. The number of ether oxygens (including phenoxy) is 1. The molecule has 5 unspecified atom stereocenters. The van der Waals surface area contributed by atoms with E-state index in [9.17, 15) is 45.6 Å². The Hall–Kier alpha value is -3.35. The lowest BCUT2D eigenvalue weighted by atomic mass is 9.90. The zero-order valence-electron chi connectivity index (χ0n) is 16.3. The van der Waals surface area contributed by atoms with E-state index in [0.29, 0.717) is 0 Å². The zero-order chi connectivity index (χ0) is 23.3. The quantitative estimate of drug-likeness (QED) is 0.247. The zero-order valence-corrected chi connectivity index (χ0v) is 16.3. The van der Waals surface area contributed by atoms with Crippen molar-refractivity contribution >= 4 is 11.0 Å². The molecule has 11 heteroatoms. The van der Waals surface area contributed by atoms with Crippen molar-refractivity contribution in [2.75, 3.05) is 6.61 Å². The first-order valence-corrected chi connectivity index (χ1v) is 9.50. The molecule has 8 N–H and O–H groups in total. The van der Waals surface area contributed by atoms with E-state index in [4.69, 9.17) is 9.15 Å². The number of aromatic hydroxyl groups is 4. The first-order chi connectivity index (χ1) is 15.1. The highest BCUT2D eigenvalue weighted by atomic mass is 16.5. The average Bonchev–Trinajstić information content (AvgIpc) is 2.77. The predicted octanol–water partition coefficient (Wildman–Crippen LogP) is -0.203. The monoisotopic (exact) mass is 448 g/mol. The third kappa shape index (κ3) is 3.32. The molecule has 0 aliphatic carbocycles. The second-order valence-electron chi connectivity index (χ2n) is 7.44. The van der Waals surface area contributed by atoms with Crippen LogP contribution in [0.3, 0.4) is 0 Å². The van der Waals surface area contributed by atoms with Gasteiger partial charge in [-0.25, -0.2) is 0 Å². The molecule has 1 aliphatic rings. The summed E-state index contributed by atoms with van der Waals surface area (Å²) in [5, 5.41) is 80.0. The molecule has 0 radical (unpaired) electrons. The van der Waals surface area contributed by atoms with E-state index in [1.54, 1.807) is 0 Å². The fourth-order valence-electron chi connectivity index (χ4n) is 3.73. The molecule has 1 fully saturated rings. The third-order valence-corrected chi connectivity index (χ3v) is 5.47. The molecule has 0 saturated carbocycles. The number of hydrogen-bond acceptors (Lipinski definition) is 11. The lowest BCUT2D eigenvalue weighted by Crippen LogP contribution is -2.55. The summed E-state index contributed by atoms with van der Waals surface area (Å²) in [4.78, 5) is 12.8. The van der Waals surface area contributed by atoms with Crippen molar-refractivity contribution < 1.29 is 50.0 Å². The molecule has 2 heterocycles. The van der Waals surface area contributed by atoms with Gasteiger partial charge in [-0.2, -0.15) is 0 Å². The van der Waals surface area contributed by atoms with Gasteiger partial charge in [0.05, 0.1) is 17.6 Å². The van der Waals surface area contributed by atoms with Crippen LogP contribution in [0.1, 0.15) is 11.7 Å². The smallest absolute Gasteiger partial charge is 0.235 e. The summed E-state index contributed by atoms with van der Waals surface area (Å²) in [7, 11) is 0. The van der Waals surface area contributed by atoms with Crippen LogP contribution in [0.5, 0.6) is 23.0 Å². The minimum atomic E-state index is -1.77. The van der Waals surface area contributed by atoms with Gasteiger partial charge in [0.2, 0.25) is 11.2 Å². The van der Waals surface area contributed by atoms with Crippen LogP contribution >= 0.6 is 0 Å². The number of aliphatic hydroxyl groups excluding tert-OH is 4. The molecule has 4 rings (SSSR count). The molecule has 1 aliphatic heterocycles. The van der Waals surface area contributed by atoms with E-state index < -0.39 is 71.3 Å². The third-order valence-electron chi connectivity index (χ3n) is 5.47. The molecule has 0 spiro atoms. The number of hydrogen-bond donors (Lipinski definition) is 8. The van der Waals surface area contributed by atoms with Crippen molar-refractivity contribution in [2.24, 2.45) is 0 Å². The van der Waals surface area contributed by atoms with Crippen LogP contribution < -0.4 is 5.43 Å². The first-order valence-electron chi connectivity index (χ1n) is 9.50. The van der Waals surface area contributed by atoms with Crippen LogP contribution in [0, 0.1) is 0 Å². The topological polar surface area (TPSA) is 201 Å². The SMILES string of the molecule is O=c1c(O)c(-c2ccc(O)c(O)c2)oc2c(C3OC(CO)C(O)C(O)C3O)c(O)ccc12. The average molecular weight is 448 g/mol. The maximum atomic E-state index is 12.8. The Bertz CT molecular complexity index is 1230. The number of aliphatic hydroxyl groups is 4. The van der Waals surface area contributed by atoms with Gasteiger partial charge >= 0.3 is 0 Å². The molecule has 2 aromatic carbocycles. The van der Waals surface area contributed by atoms with Gasteiger partial charge in [-0.3, -0.25) is 4.79 Å². The van der Waals surface area contributed by atoms with Gasteiger partial charge in [-0.1, -0.05) is 0 Å². The molecule has 170 valence electrons. The maximum absolute atomic E-state index is 12.8. The summed E-state index contributed by atoms with van der Waals surface area (Å²) in [5.74, 6) is -2.71. The Morgan fingerprint density at radius 2 is 1.53 bits per heavy atom. The Morgan fingerprint density at radius 3 is 2.19 bits per heavy atom. The molecule has 5 atom stereocenters. The Balaban J connectivity index is 1.98. The molecule has 1 saturated heterocycles. The summed E-state index contributed by atoms with van der Waals surface area (Å²) >= 11 is 0. The fourth-order valence-corrected chi connectivity index (χ4v) is 3.73. The van der Waals surface area contributed by atoms with Crippen LogP contribution in [0.25, 0.3) is 22.3 Å². The van der Waals surface area contributed by atoms with Gasteiger partial charge in [0, 0.05) is 5.56 Å². The lowest BCUT2D eigenvalue weighted by Gasteiger charge is -2.40. The van der Waals surface area contributed by atoms with E-state index in [0.717, 1.165) is 18.2 Å². The predicted molar refractivity (Wildman–Crippen MR) is 107 cm³/mol. The minimum absolute atomic E-state index is 0.0138. The van der Waals surface area contributed by atoms with E-state index in [1.165, 1.54) is 12.1 Å². The van der Waals surface area contributed by atoms with Crippen LogP contribution in [0.15, 0.2) is 39.5 Å². The molecule has 0 bridgehead atoms. The van der Waals surface area contributed by atoms with Crippen molar-refractivity contribution in [2.45, 2.75) is 30.5 Å². The van der Waals surface area contributed by atoms with Crippen molar-refractivity contribution in [3.8, 4) is 34.3 Å². The van der Waals surface area contributed by atoms with Crippen LogP contribution in [0.4, 0.5) is 0 Å². The standard InChI is InChI=1S/C21H20O11/c22-6-12-15(27)16(28)18(30)21(31-12)13-10(24)4-2-8-14(26)17(29)19(32-20(8)13)7-1-3-9(23)11(25)5-7/h1-5,12,15-16,18,21-25,27-30H,6H2. The second kappa shape index (κ2) is 7.97. The Labute approximate surface area is 179 Å². The summed E-state index contributed by atoms with van der Waals surface area (Å²) in [6, 6.07) is 5.67. The number of phenols is 3. The largest absolute Gasteiger partial charge is 0.507 e. The molecular weight excluding hydrogens is 428 g/mol. The number of fused-ring (bicyclic) bond motifs is 1. The number of benzene rings is 2. The van der Waals surface area contributed by atoms with Gasteiger partial charge in [-0.15, -0.1) is 0 Å². The highest BCUT2D eigenvalue weighted by molar-refractivity contribution is 5.86. The van der Waals surface area contributed by atoms with Crippen LogP contribution in [-0.4, -0.2) is 71.9 Å². The van der Waals surface area contributed by atoms with Crippen molar-refractivity contribution in [1.29, 1.82) is 0 Å². The summed E-state index contributed by atoms with van der Waals surface area (Å²) < 4.78 is 11.2. The first kappa shape index (κ1) is 21.9. The fraction of sp³-hybridized carbons (Fsp3) is 0.286. The highest BCUT2D eigenvalue weighted by Gasteiger charge is 2.45. The molecule has 0 amide bonds. The normalized spacial score (nSPS) is 25.8. The van der Waals surface area contributed by atoms with E-state index in [-0.39, 0.29) is 22.1 Å². The van der Waals surface area contributed by atoms with Crippen LogP contribution in [0.2, 0.25) is 0 Å². The summed E-state index contributed by atoms with van der Waals surface area (Å²) in [6.45, 7) is -0.713. The maximum Gasteiger partial charge on any atom is 0.235 e. The van der Waals surface area contributed by atoms with E-state index in [2.05, 4.69) is 0 Å². The van der Waals surface area contributed by atoms with Crippen molar-refractivity contribution in [3.63, 3.8) is 0 Å². The van der Waals surface area contributed by atoms with Crippen LogP contribution in [-0.2, 0) is 4.74 Å². The molecule has 1 aromatic heterocycles. The number of rotatable bonds is 3. The van der Waals surface area contributed by atoms with Gasteiger partial charge in [0.25, 0.3) is 0 Å². The van der Waals surface area contributed by atoms with E-state index in [1.807, 2.05) is 0 Å². The minimum Gasteiger partial charge on any atom is -0.507 e. The van der Waals surface area contributed by atoms with Crippen molar-refractivity contribution in [3.05, 3.63) is 46.1 Å². The van der Waals surface area contributed by atoms with Gasteiger partial charge in [0.15, 0.2) is 17.3 Å². The Morgan fingerprint density at radius 1 is 0.844 bits per heavy atom. The van der Waals surface area contributed by atoms with E-state index >= 15 is 0 Å². The van der Waals surface area contributed by atoms with Gasteiger partial charge in [0.1, 0.15) is 41.9 Å². The Kier molecular flexibility index (Phi) is 5.44. The molecular formula is C21H20O11. The number of phenolic OH excluding ortho intramolecular Hbond substituents is 3. The summed E-state index contributed by atoms with van der Waals surface area (Å²) in [5.41, 5.74) is -1.46. The van der Waals surface area contributed by atoms with Gasteiger partial charge in [-0.05, 0) is 30.3 Å². The highest BCUT2D eigenvalue weighted by Crippen LogP contribution is 2.42. The molecule has 11 nitrogen and oxygen atoms in total. The van der Waals surface area contributed by atoms with Gasteiger partial charge < -0.3 is 50.0 Å². The van der Waals surface area contributed by atoms with Crippen molar-refractivity contribution in [1.82, 2.24) is 0 Å². The second-order valence-corrected chi connectivity index (χ2v) is 7.44. The molecule has 32 heavy (non-hydrogen) atoms.